The molecule has 5 atom stereocenters. The van der Waals surface area contributed by atoms with Crippen molar-refractivity contribution in [2.45, 2.75) is 70.6 Å². The molecule has 0 aliphatic carbocycles. The molecule has 0 saturated carbocycles. The van der Waals surface area contributed by atoms with Gasteiger partial charge in [0, 0.05) is 23.2 Å². The number of benzene rings is 4. The summed E-state index contributed by atoms with van der Waals surface area (Å²) in [6.07, 6.45) is -6.18. The van der Waals surface area contributed by atoms with E-state index < -0.39 is 68.9 Å². The average Bonchev–Trinajstić information content (AvgIpc) is 3.25. The molecule has 4 aromatic rings. The monoisotopic (exact) mass is 826 g/mol. The van der Waals surface area contributed by atoms with Crippen molar-refractivity contribution in [1.82, 2.24) is 15.3 Å². The summed E-state index contributed by atoms with van der Waals surface area (Å²) < 4.78 is 17.4. The third-order valence-corrected chi connectivity index (χ3v) is 9.61. The van der Waals surface area contributed by atoms with Crippen LogP contribution in [0, 0.1) is 11.3 Å². The number of carbonyl (C=O) groups is 5. The van der Waals surface area contributed by atoms with E-state index in [0.29, 0.717) is 0 Å². The molecule has 4 aromatic carbocycles. The molecule has 0 radical (unpaired) electrons. The Labute approximate surface area is 344 Å². The van der Waals surface area contributed by atoms with Gasteiger partial charge in [-0.15, -0.1) is 0 Å². The van der Waals surface area contributed by atoms with E-state index in [1.54, 1.807) is 65.7 Å². The lowest BCUT2D eigenvalue weighted by atomic mass is 9.92. The van der Waals surface area contributed by atoms with E-state index in [2.05, 4.69) is 5.32 Å². The fourth-order valence-electron chi connectivity index (χ4n) is 5.86. The van der Waals surface area contributed by atoms with Crippen molar-refractivity contribution in [1.29, 1.82) is 5.26 Å². The topological polar surface area (TPSA) is 205 Å². The number of esters is 2. The molecule has 310 valence electrons. The maximum Gasteiger partial charge on any atom is 0.338 e. The predicted molar refractivity (Wildman–Crippen MR) is 216 cm³/mol. The number of carbonyl (C=O) groups excluding carboxylic acids is 5. The Balaban J connectivity index is 1.87. The highest BCUT2D eigenvalue weighted by Crippen LogP contribution is 2.40. The zero-order valence-corrected chi connectivity index (χ0v) is 33.9. The summed E-state index contributed by atoms with van der Waals surface area (Å²) in [5, 5.41) is 25.3. The van der Waals surface area contributed by atoms with E-state index in [0.717, 1.165) is 4.94 Å². The zero-order valence-electron chi connectivity index (χ0n) is 33.0. The maximum absolute atomic E-state index is 14.5. The van der Waals surface area contributed by atoms with Crippen LogP contribution in [0.2, 0.25) is 0 Å². The summed E-state index contributed by atoms with van der Waals surface area (Å²) in [7, 11) is -2.59. The molecule has 0 aromatic heterocycles. The lowest BCUT2D eigenvalue weighted by Crippen LogP contribution is -2.60. The molecule has 15 nitrogen and oxygen atoms in total. The normalized spacial score (nSPS) is 13.8. The van der Waals surface area contributed by atoms with Crippen LogP contribution in [0.15, 0.2) is 121 Å². The van der Waals surface area contributed by atoms with Crippen LogP contribution in [0.4, 0.5) is 0 Å². The van der Waals surface area contributed by atoms with Crippen LogP contribution >= 0.6 is 8.53 Å². The smallest absolute Gasteiger partial charge is 0.338 e. The van der Waals surface area contributed by atoms with Gasteiger partial charge in [0.1, 0.15) is 18.8 Å². The van der Waals surface area contributed by atoms with Crippen molar-refractivity contribution < 1.29 is 52.8 Å². The van der Waals surface area contributed by atoms with Gasteiger partial charge in [-0.05, 0) is 69.0 Å². The SMILES string of the molecule is CC(C)N(C(C)C)N(OC[C@@H](O)[C@H](OC(=O)c1ccccc1)[C@H](OC(=O)c1ccccc1)[C@@H](NC(=O)c1ccccc1)C(=O)C(=O)c1ccccc1)P(O)OCCC#N. The van der Waals surface area contributed by atoms with E-state index in [1.165, 1.54) is 60.7 Å². The van der Waals surface area contributed by atoms with Crippen molar-refractivity contribution >= 4 is 37.9 Å². The number of amides is 1. The molecular weight excluding hydrogens is 779 g/mol. The van der Waals surface area contributed by atoms with E-state index in [9.17, 15) is 34.0 Å². The molecule has 59 heavy (non-hydrogen) atoms. The van der Waals surface area contributed by atoms with Gasteiger partial charge < -0.3 is 29.3 Å². The number of nitriles is 1. The Bertz CT molecular complexity index is 2010. The zero-order chi connectivity index (χ0) is 42.9. The Hall–Kier alpha value is -5.69. The van der Waals surface area contributed by atoms with Gasteiger partial charge in [0.05, 0.1) is 30.2 Å². The average molecular weight is 827 g/mol. The number of hydrazine groups is 1. The second kappa shape index (κ2) is 23.0. The summed E-state index contributed by atoms with van der Waals surface area (Å²) in [5.41, 5.74) is 0.00481. The lowest BCUT2D eigenvalue weighted by Gasteiger charge is -2.41. The standard InChI is InChI=1S/C43H47N4O11P/c1-29(2)46(30(3)4)47(59(54)56-27-17-26-44)55-28-35(48)39(57-42(52)33-22-13-7-14-23-33)40(58-43(53)34-24-15-8-16-25-34)36(45-41(51)32-20-11-6-12-21-32)38(50)37(49)31-18-9-5-10-19-31/h5-16,18-25,29-30,35-36,39-40,48,54H,17,27-28H2,1-4H3,(H,45,51)/t35-,36+,39+,40-,59?/m1/s1. The maximum atomic E-state index is 14.5. The Morgan fingerprint density at radius 2 is 1.14 bits per heavy atom. The second-order valence-electron chi connectivity index (χ2n) is 13.5. The minimum absolute atomic E-state index is 0.00695. The molecule has 0 spiro atoms. The fourth-order valence-corrected chi connectivity index (χ4v) is 6.97. The van der Waals surface area contributed by atoms with Crippen molar-refractivity contribution in [2.24, 2.45) is 0 Å². The number of rotatable bonds is 22. The summed E-state index contributed by atoms with van der Waals surface area (Å²) >= 11 is 0. The molecule has 3 N–H and O–H groups in total. The number of hydrogen-bond acceptors (Lipinski definition) is 14. The molecule has 16 heteroatoms. The van der Waals surface area contributed by atoms with Crippen LogP contribution in [-0.2, 0) is 23.6 Å². The summed E-state index contributed by atoms with van der Waals surface area (Å²) in [6, 6.07) is 29.6. The van der Waals surface area contributed by atoms with E-state index in [-0.39, 0.29) is 47.4 Å². The molecule has 0 aliphatic rings. The molecular formula is C43H47N4O11P. The summed E-state index contributed by atoms with van der Waals surface area (Å²) in [5.74, 6) is -5.30. The van der Waals surface area contributed by atoms with Gasteiger partial charge in [-0.2, -0.15) is 5.26 Å². The van der Waals surface area contributed by atoms with Gasteiger partial charge in [0.2, 0.25) is 11.6 Å². The van der Waals surface area contributed by atoms with Crippen LogP contribution in [0.5, 0.6) is 0 Å². The molecule has 0 aliphatic heterocycles. The first kappa shape index (κ1) is 46.0. The van der Waals surface area contributed by atoms with Crippen LogP contribution in [0.1, 0.15) is 75.5 Å². The number of nitrogens with one attached hydrogen (secondary N) is 1. The van der Waals surface area contributed by atoms with Crippen LogP contribution in [0.3, 0.4) is 0 Å². The first-order valence-electron chi connectivity index (χ1n) is 18.7. The number of ketones is 2. The highest BCUT2D eigenvalue weighted by Gasteiger charge is 2.47. The van der Waals surface area contributed by atoms with Crippen LogP contribution < -0.4 is 5.32 Å². The summed E-state index contributed by atoms with van der Waals surface area (Å²) in [6.45, 7) is 6.28. The quantitative estimate of drug-likeness (QED) is 0.0225. The molecule has 0 saturated heterocycles. The summed E-state index contributed by atoms with van der Waals surface area (Å²) in [4.78, 5) is 88.1. The highest BCUT2D eigenvalue weighted by molar-refractivity contribution is 7.43. The molecule has 1 unspecified atom stereocenters. The molecule has 4 rings (SSSR count). The van der Waals surface area contributed by atoms with Gasteiger partial charge in [0.25, 0.3) is 14.4 Å². The largest absolute Gasteiger partial charge is 0.452 e. The Morgan fingerprint density at radius 1 is 0.695 bits per heavy atom. The minimum Gasteiger partial charge on any atom is -0.452 e. The van der Waals surface area contributed by atoms with Crippen LogP contribution in [0.25, 0.3) is 0 Å². The fraction of sp³-hybridized carbons (Fsp3) is 0.302. The van der Waals surface area contributed by atoms with Gasteiger partial charge in [-0.25, -0.2) is 14.6 Å². The van der Waals surface area contributed by atoms with Gasteiger partial charge in [0.15, 0.2) is 12.2 Å². The minimum atomic E-state index is -2.59. The van der Waals surface area contributed by atoms with E-state index >= 15 is 0 Å². The van der Waals surface area contributed by atoms with Crippen molar-refractivity contribution in [3.05, 3.63) is 144 Å². The van der Waals surface area contributed by atoms with Crippen LogP contribution in [-0.4, -0.2) is 99.0 Å². The first-order chi connectivity index (χ1) is 28.3. The second-order valence-corrected chi connectivity index (χ2v) is 14.6. The number of aliphatic hydroxyl groups excluding tert-OH is 1. The molecule has 0 bridgehead atoms. The number of aliphatic hydroxyl groups is 1. The molecule has 0 fully saturated rings. The van der Waals surface area contributed by atoms with Crippen molar-refractivity contribution in [3.63, 3.8) is 0 Å². The molecule has 0 heterocycles. The van der Waals surface area contributed by atoms with Gasteiger partial charge in [-0.3, -0.25) is 19.2 Å². The van der Waals surface area contributed by atoms with Gasteiger partial charge in [-0.1, -0.05) is 84.9 Å². The lowest BCUT2D eigenvalue weighted by molar-refractivity contribution is -0.263. The molecule has 1 amide bonds. The van der Waals surface area contributed by atoms with Crippen molar-refractivity contribution in [2.75, 3.05) is 13.2 Å². The predicted octanol–water partition coefficient (Wildman–Crippen LogP) is 5.47. The third-order valence-electron chi connectivity index (χ3n) is 8.59. The number of ether oxygens (including phenoxy) is 2. The Kier molecular flexibility index (Phi) is 18.0. The first-order valence-corrected chi connectivity index (χ1v) is 19.9. The van der Waals surface area contributed by atoms with E-state index in [4.69, 9.17) is 24.1 Å². The number of Topliss-reactive ketones (excluding diaryl/α,β-unsaturated/α-hetero) is 2. The number of hydrogen-bond donors (Lipinski definition) is 3. The van der Waals surface area contributed by atoms with E-state index in [1.807, 2.05) is 33.8 Å². The van der Waals surface area contributed by atoms with Crippen molar-refractivity contribution in [3.8, 4) is 6.07 Å². The third kappa shape index (κ3) is 13.2. The highest BCUT2D eigenvalue weighted by atomic mass is 31.2. The van der Waals surface area contributed by atoms with Gasteiger partial charge >= 0.3 is 11.9 Å². The number of nitrogens with zero attached hydrogens (tertiary/aromatic N) is 3. The Morgan fingerprint density at radius 3 is 1.59 bits per heavy atom.